The second-order valence-electron chi connectivity index (χ2n) is 23.8. The van der Waals surface area contributed by atoms with E-state index in [1.54, 1.807) is 6.08 Å². The molecule has 7 unspecified atom stereocenters. The van der Waals surface area contributed by atoms with Gasteiger partial charge in [0.15, 0.2) is 6.29 Å². The smallest absolute Gasteiger partial charge is 0.394 e. The zero-order chi connectivity index (χ0) is 56.8. The fourth-order valence-corrected chi connectivity index (χ4v) is 11.7. The molecule has 0 aliphatic carbocycles. The van der Waals surface area contributed by atoms with Gasteiger partial charge in [-0.3, -0.25) is 9.35 Å². The number of carbonyl (C=O) groups is 1. The second-order valence-corrected chi connectivity index (χ2v) is 24.8. The highest BCUT2D eigenvalue weighted by Gasteiger charge is 2.48. The monoisotopic (exact) mass is 1130 g/mol. The summed E-state index contributed by atoms with van der Waals surface area (Å²) in [6.07, 6.45) is 60.0. The van der Waals surface area contributed by atoms with Crippen LogP contribution < -0.4 is 5.32 Å². The van der Waals surface area contributed by atoms with Crippen LogP contribution in [0.4, 0.5) is 0 Å². The predicted octanol–water partition coefficient (Wildman–Crippen LogP) is 17.0. The van der Waals surface area contributed by atoms with Gasteiger partial charge < -0.3 is 35.2 Å². The molecule has 1 heterocycles. The quantitative estimate of drug-likeness (QED) is 0.0193. The van der Waals surface area contributed by atoms with Crippen LogP contribution in [0.25, 0.3) is 0 Å². The summed E-state index contributed by atoms with van der Waals surface area (Å²) in [6, 6.07) is -0.941. The first kappa shape index (κ1) is 74.9. The molecule has 0 saturated carbocycles. The third-order valence-electron chi connectivity index (χ3n) is 16.3. The molecule has 78 heavy (non-hydrogen) atoms. The van der Waals surface area contributed by atoms with E-state index in [0.29, 0.717) is 6.42 Å². The number of hydrogen-bond acceptors (Lipinski definition) is 10. The number of rotatable bonds is 60. The summed E-state index contributed by atoms with van der Waals surface area (Å²) in [5, 5.41) is 45.1. The van der Waals surface area contributed by atoms with Crippen molar-refractivity contribution in [2.45, 2.75) is 384 Å². The van der Waals surface area contributed by atoms with E-state index in [1.165, 1.54) is 276 Å². The molecule has 0 aromatic carbocycles. The average molecular weight is 1130 g/mol. The molecule has 0 bridgehead atoms. The van der Waals surface area contributed by atoms with Crippen LogP contribution in [0.3, 0.4) is 0 Å². The summed E-state index contributed by atoms with van der Waals surface area (Å²) >= 11 is 0. The molecule has 0 radical (unpaired) electrons. The molecule has 0 spiro atoms. The molecule has 1 aliphatic heterocycles. The maximum Gasteiger partial charge on any atom is 0.397 e. The van der Waals surface area contributed by atoms with Crippen molar-refractivity contribution in [3.8, 4) is 0 Å². The number of carbonyl (C=O) groups excluding carboxylic acids is 1. The SMILES string of the molecule is CCCCCCCCCCCCCCCCCCCC/C=C/C(O)C(COC1OC(CO)C(O)C(OS(=O)(=O)O)C1O)NC(=O)CCCCCCCCCCCCCCCCCCCCCCCCCCCCCCCCC. The normalized spacial score (nSPS) is 18.8. The minimum absolute atomic E-state index is 0.253. The topological polar surface area (TPSA) is 192 Å². The van der Waals surface area contributed by atoms with Crippen LogP contribution in [0.5, 0.6) is 0 Å². The first-order valence-corrected chi connectivity index (χ1v) is 34.9. The third kappa shape index (κ3) is 46.3. The van der Waals surface area contributed by atoms with Gasteiger partial charge in [0.05, 0.1) is 25.4 Å². The maximum absolute atomic E-state index is 13.2. The Bertz CT molecular complexity index is 1420. The largest absolute Gasteiger partial charge is 0.397 e. The Labute approximate surface area is 480 Å². The highest BCUT2D eigenvalue weighted by atomic mass is 32.3. The lowest BCUT2D eigenvalue weighted by molar-refractivity contribution is -0.298. The van der Waals surface area contributed by atoms with Crippen molar-refractivity contribution in [3.05, 3.63) is 12.2 Å². The number of amides is 1. The lowest BCUT2D eigenvalue weighted by Gasteiger charge is -2.41. The highest BCUT2D eigenvalue weighted by Crippen LogP contribution is 2.26. The van der Waals surface area contributed by atoms with Crippen molar-refractivity contribution in [3.63, 3.8) is 0 Å². The number of allylic oxidation sites excluding steroid dienone is 1. The van der Waals surface area contributed by atoms with E-state index in [2.05, 4.69) is 23.3 Å². The number of nitrogens with one attached hydrogen (secondary N) is 1. The molecule has 0 aromatic heterocycles. The molecule has 6 N–H and O–H groups in total. The molecule has 464 valence electrons. The molecule has 1 fully saturated rings. The minimum Gasteiger partial charge on any atom is -0.394 e. The number of hydrogen-bond donors (Lipinski definition) is 6. The highest BCUT2D eigenvalue weighted by molar-refractivity contribution is 7.80. The van der Waals surface area contributed by atoms with Gasteiger partial charge in [-0.2, -0.15) is 8.42 Å². The number of unbranched alkanes of at least 4 members (excludes halogenated alkanes) is 48. The molecule has 13 heteroatoms. The number of ether oxygens (including phenoxy) is 2. The van der Waals surface area contributed by atoms with Crippen LogP contribution in [0, 0.1) is 0 Å². The van der Waals surface area contributed by atoms with E-state index in [0.717, 1.165) is 38.5 Å². The van der Waals surface area contributed by atoms with Gasteiger partial charge in [-0.25, -0.2) is 4.18 Å². The van der Waals surface area contributed by atoms with Crippen LogP contribution in [0.1, 0.15) is 341 Å². The van der Waals surface area contributed by atoms with E-state index in [1.807, 2.05) is 6.08 Å². The Morgan fingerprint density at radius 1 is 0.500 bits per heavy atom. The van der Waals surface area contributed by atoms with Crippen molar-refractivity contribution in [2.75, 3.05) is 13.2 Å². The molecule has 7 atom stereocenters. The zero-order valence-electron chi connectivity index (χ0n) is 50.8. The summed E-state index contributed by atoms with van der Waals surface area (Å²) in [4.78, 5) is 13.2. The molecule has 1 amide bonds. The molecule has 1 saturated heterocycles. The molecular formula is C65H127NO11S. The van der Waals surface area contributed by atoms with Crippen LogP contribution in [0.2, 0.25) is 0 Å². The van der Waals surface area contributed by atoms with Crippen LogP contribution >= 0.6 is 0 Å². The van der Waals surface area contributed by atoms with Gasteiger partial charge in [0.1, 0.15) is 24.4 Å². The van der Waals surface area contributed by atoms with Gasteiger partial charge in [-0.15, -0.1) is 0 Å². The van der Waals surface area contributed by atoms with Crippen molar-refractivity contribution in [1.82, 2.24) is 5.32 Å². The summed E-state index contributed by atoms with van der Waals surface area (Å²) in [7, 11) is -5.09. The van der Waals surface area contributed by atoms with E-state index in [4.69, 9.17) is 9.47 Å². The van der Waals surface area contributed by atoms with Gasteiger partial charge >= 0.3 is 10.4 Å². The van der Waals surface area contributed by atoms with E-state index < -0.39 is 59.9 Å². The Morgan fingerprint density at radius 2 is 0.808 bits per heavy atom. The first-order chi connectivity index (χ1) is 38.0. The second kappa shape index (κ2) is 55.1. The van der Waals surface area contributed by atoms with Gasteiger partial charge in [0, 0.05) is 6.42 Å². The summed E-state index contributed by atoms with van der Waals surface area (Å²) < 4.78 is 48.0. The Morgan fingerprint density at radius 3 is 1.12 bits per heavy atom. The van der Waals surface area contributed by atoms with Gasteiger partial charge in [0.2, 0.25) is 5.91 Å². The van der Waals surface area contributed by atoms with Crippen molar-refractivity contribution >= 4 is 16.3 Å². The zero-order valence-corrected chi connectivity index (χ0v) is 51.6. The Hall–Kier alpha value is -1.16. The van der Waals surface area contributed by atoms with E-state index >= 15 is 0 Å². The maximum atomic E-state index is 13.2. The van der Waals surface area contributed by atoms with E-state index in [-0.39, 0.29) is 18.9 Å². The van der Waals surface area contributed by atoms with Crippen LogP contribution in [0.15, 0.2) is 12.2 Å². The molecule has 1 aliphatic rings. The standard InChI is InChI=1S/C65H127NO11S/c1-3-5-7-9-11-13-15-17-19-21-23-25-26-27-28-29-30-31-32-33-34-35-37-39-41-43-45-47-49-51-53-55-61(69)66-58(57-75-65-63(71)64(77-78(72,73)74)62(70)60(56-67)76-65)59(68)54-52-50-48-46-44-42-40-38-36-24-22-20-18-16-14-12-10-8-6-4-2/h52,54,58-60,62-65,67-68,70-71H,3-51,53,55-57H2,1-2H3,(H,66,69)(H,72,73,74)/b54-52+. The molecular weight excluding hydrogens is 1000 g/mol. The first-order valence-electron chi connectivity index (χ1n) is 33.6. The minimum atomic E-state index is -5.09. The predicted molar refractivity (Wildman–Crippen MR) is 324 cm³/mol. The molecule has 1 rings (SSSR count). The summed E-state index contributed by atoms with van der Waals surface area (Å²) in [5.41, 5.74) is 0. The van der Waals surface area contributed by atoms with Gasteiger partial charge in [-0.1, -0.05) is 328 Å². The van der Waals surface area contributed by atoms with Crippen LogP contribution in [-0.4, -0.2) is 95.4 Å². The van der Waals surface area contributed by atoms with Gasteiger partial charge in [0.25, 0.3) is 0 Å². The molecule has 12 nitrogen and oxygen atoms in total. The number of aliphatic hydroxyl groups excluding tert-OH is 4. The Balaban J connectivity index is 2.24. The van der Waals surface area contributed by atoms with Gasteiger partial charge in [-0.05, 0) is 19.3 Å². The average Bonchev–Trinajstić information content (AvgIpc) is 3.45. The van der Waals surface area contributed by atoms with E-state index in [9.17, 15) is 38.2 Å². The van der Waals surface area contributed by atoms with Crippen LogP contribution in [-0.2, 0) is 28.9 Å². The van der Waals surface area contributed by atoms with Crippen molar-refractivity contribution in [2.24, 2.45) is 0 Å². The fraction of sp³-hybridized carbons (Fsp3) is 0.954. The fourth-order valence-electron chi connectivity index (χ4n) is 11.2. The summed E-state index contributed by atoms with van der Waals surface area (Å²) in [5.74, 6) is -0.253. The lowest BCUT2D eigenvalue weighted by atomic mass is 9.99. The van der Waals surface area contributed by atoms with Crippen molar-refractivity contribution in [1.29, 1.82) is 0 Å². The third-order valence-corrected chi connectivity index (χ3v) is 16.8. The Kier molecular flexibility index (Phi) is 52.8. The summed E-state index contributed by atoms with van der Waals surface area (Å²) in [6.45, 7) is 3.46. The molecule has 0 aromatic rings. The number of aliphatic hydroxyl groups is 4. The van der Waals surface area contributed by atoms with Crippen molar-refractivity contribution < 1.29 is 51.8 Å². The lowest BCUT2D eigenvalue weighted by Crippen LogP contribution is -2.61.